The number of carbonyl (C=O) groups excluding carboxylic acids is 1. The van der Waals surface area contributed by atoms with Gasteiger partial charge in [-0.2, -0.15) is 0 Å². The Morgan fingerprint density at radius 1 is 1.59 bits per heavy atom. The Labute approximate surface area is 99.0 Å². The van der Waals surface area contributed by atoms with Gasteiger partial charge in [-0.05, 0) is 13.3 Å². The van der Waals surface area contributed by atoms with E-state index in [1.807, 2.05) is 6.92 Å². The molecule has 1 heterocycles. The van der Waals surface area contributed by atoms with Gasteiger partial charge in [-0.1, -0.05) is 18.5 Å². The number of nitrogens with zero attached hydrogens (tertiary/aromatic N) is 1. The van der Waals surface area contributed by atoms with Crippen molar-refractivity contribution < 1.29 is 19.2 Å². The molecule has 0 saturated carbocycles. The van der Waals surface area contributed by atoms with Crippen LogP contribution in [0.5, 0.6) is 0 Å². The lowest BCUT2D eigenvalue weighted by atomic mass is 10.0. The lowest BCUT2D eigenvalue weighted by molar-refractivity contribution is -0.141. The van der Waals surface area contributed by atoms with E-state index in [1.165, 1.54) is 6.20 Å². The van der Waals surface area contributed by atoms with E-state index in [-0.39, 0.29) is 12.5 Å². The maximum atomic E-state index is 11.7. The Morgan fingerprint density at radius 2 is 2.29 bits per heavy atom. The van der Waals surface area contributed by atoms with Gasteiger partial charge in [0.25, 0.3) is 5.91 Å². The fraction of sp³-hybridized carbons (Fsp3) is 0.545. The Balaban J connectivity index is 2.52. The number of aromatic nitrogens is 1. The first-order valence-corrected chi connectivity index (χ1v) is 5.48. The Hall–Kier alpha value is -1.85. The highest BCUT2D eigenvalue weighted by Gasteiger charge is 2.19. The van der Waals surface area contributed by atoms with E-state index in [2.05, 4.69) is 10.5 Å². The van der Waals surface area contributed by atoms with E-state index >= 15 is 0 Å². The van der Waals surface area contributed by atoms with Gasteiger partial charge in [0.2, 0.25) is 0 Å². The molecule has 1 atom stereocenters. The van der Waals surface area contributed by atoms with Gasteiger partial charge in [0, 0.05) is 6.54 Å². The predicted octanol–water partition coefficient (Wildman–Crippen LogP) is 1.21. The van der Waals surface area contributed by atoms with Crippen molar-refractivity contribution in [2.24, 2.45) is 5.92 Å². The maximum Gasteiger partial charge on any atom is 0.308 e. The lowest BCUT2D eigenvalue weighted by Gasteiger charge is -2.11. The van der Waals surface area contributed by atoms with Crippen LogP contribution in [0.15, 0.2) is 10.7 Å². The van der Waals surface area contributed by atoms with Crippen molar-refractivity contribution in [1.29, 1.82) is 0 Å². The van der Waals surface area contributed by atoms with Gasteiger partial charge in [-0.25, -0.2) is 0 Å². The average molecular weight is 240 g/mol. The van der Waals surface area contributed by atoms with Crippen molar-refractivity contribution in [3.8, 4) is 0 Å². The highest BCUT2D eigenvalue weighted by molar-refractivity contribution is 5.94. The number of carbonyl (C=O) groups is 2. The van der Waals surface area contributed by atoms with Crippen LogP contribution in [-0.2, 0) is 4.79 Å². The second-order valence-electron chi connectivity index (χ2n) is 3.83. The number of aliphatic carboxylic acids is 1. The second-order valence-corrected chi connectivity index (χ2v) is 3.83. The first kappa shape index (κ1) is 13.2. The van der Waals surface area contributed by atoms with Crippen molar-refractivity contribution in [2.45, 2.75) is 26.7 Å². The quantitative estimate of drug-likeness (QED) is 0.779. The van der Waals surface area contributed by atoms with E-state index in [4.69, 9.17) is 9.63 Å². The summed E-state index contributed by atoms with van der Waals surface area (Å²) in [7, 11) is 0. The van der Waals surface area contributed by atoms with E-state index in [1.54, 1.807) is 6.92 Å². The highest BCUT2D eigenvalue weighted by Crippen LogP contribution is 2.08. The van der Waals surface area contributed by atoms with Crippen LogP contribution < -0.4 is 5.32 Å². The summed E-state index contributed by atoms with van der Waals surface area (Å²) in [5.74, 6) is -1.38. The summed E-state index contributed by atoms with van der Waals surface area (Å²) >= 11 is 0. The molecule has 0 aliphatic rings. The van der Waals surface area contributed by atoms with E-state index in [0.717, 1.165) is 6.42 Å². The predicted molar refractivity (Wildman–Crippen MR) is 59.6 cm³/mol. The second kappa shape index (κ2) is 6.03. The summed E-state index contributed by atoms with van der Waals surface area (Å²) in [6, 6.07) is 0. The molecule has 1 rings (SSSR count). The van der Waals surface area contributed by atoms with Crippen molar-refractivity contribution in [3.63, 3.8) is 0 Å². The molecule has 1 amide bonds. The number of rotatable bonds is 6. The summed E-state index contributed by atoms with van der Waals surface area (Å²) < 4.78 is 4.76. The SMILES string of the molecule is CCCC(CNC(=O)c1cnoc1C)C(=O)O. The van der Waals surface area contributed by atoms with Crippen molar-refractivity contribution in [2.75, 3.05) is 6.54 Å². The molecule has 6 nitrogen and oxygen atoms in total. The van der Waals surface area contributed by atoms with Gasteiger partial charge in [-0.15, -0.1) is 0 Å². The van der Waals surface area contributed by atoms with E-state index in [9.17, 15) is 9.59 Å². The van der Waals surface area contributed by atoms with E-state index < -0.39 is 11.9 Å². The van der Waals surface area contributed by atoms with Crippen LogP contribution in [0.3, 0.4) is 0 Å². The largest absolute Gasteiger partial charge is 0.481 e. The number of aryl methyl sites for hydroxylation is 1. The fourth-order valence-electron chi connectivity index (χ4n) is 1.49. The number of hydrogen-bond donors (Lipinski definition) is 2. The van der Waals surface area contributed by atoms with Gasteiger partial charge in [-0.3, -0.25) is 9.59 Å². The summed E-state index contributed by atoms with van der Waals surface area (Å²) in [6.45, 7) is 3.65. The average Bonchev–Trinajstić information content (AvgIpc) is 2.69. The van der Waals surface area contributed by atoms with Gasteiger partial charge in [0.1, 0.15) is 11.3 Å². The molecule has 17 heavy (non-hydrogen) atoms. The number of carboxylic acids is 1. The fourth-order valence-corrected chi connectivity index (χ4v) is 1.49. The molecule has 2 N–H and O–H groups in total. The molecule has 0 fully saturated rings. The van der Waals surface area contributed by atoms with Gasteiger partial charge >= 0.3 is 5.97 Å². The van der Waals surface area contributed by atoms with Crippen LogP contribution in [-0.4, -0.2) is 28.7 Å². The molecule has 1 aromatic rings. The van der Waals surface area contributed by atoms with Gasteiger partial charge in [0.15, 0.2) is 0 Å². The van der Waals surface area contributed by atoms with Crippen LogP contribution in [0, 0.1) is 12.8 Å². The molecule has 0 aliphatic heterocycles. The zero-order valence-electron chi connectivity index (χ0n) is 9.90. The Bertz CT molecular complexity index is 400. The van der Waals surface area contributed by atoms with Gasteiger partial charge < -0.3 is 14.9 Å². The molecule has 6 heteroatoms. The zero-order chi connectivity index (χ0) is 12.8. The molecule has 0 saturated heterocycles. The number of carboxylic acid groups (broad SMARTS) is 1. The minimum atomic E-state index is -0.894. The molecule has 1 unspecified atom stereocenters. The monoisotopic (exact) mass is 240 g/mol. The summed E-state index contributed by atoms with van der Waals surface area (Å²) in [5.41, 5.74) is 0.339. The van der Waals surface area contributed by atoms with Crippen LogP contribution >= 0.6 is 0 Å². The third kappa shape index (κ3) is 3.58. The van der Waals surface area contributed by atoms with Crippen LogP contribution in [0.2, 0.25) is 0 Å². The zero-order valence-corrected chi connectivity index (χ0v) is 9.90. The molecule has 0 aromatic carbocycles. The summed E-state index contributed by atoms with van der Waals surface area (Å²) in [5, 5.41) is 15.0. The normalized spacial score (nSPS) is 12.1. The molecular weight excluding hydrogens is 224 g/mol. The molecule has 0 spiro atoms. The smallest absolute Gasteiger partial charge is 0.308 e. The molecular formula is C11H16N2O4. The van der Waals surface area contributed by atoms with Crippen LogP contribution in [0.4, 0.5) is 0 Å². The third-order valence-corrected chi connectivity index (χ3v) is 2.49. The maximum absolute atomic E-state index is 11.7. The van der Waals surface area contributed by atoms with E-state index in [0.29, 0.717) is 17.7 Å². The van der Waals surface area contributed by atoms with Crippen LogP contribution in [0.25, 0.3) is 0 Å². The number of nitrogens with one attached hydrogen (secondary N) is 1. The minimum Gasteiger partial charge on any atom is -0.481 e. The number of hydrogen-bond acceptors (Lipinski definition) is 4. The summed E-state index contributed by atoms with van der Waals surface area (Å²) in [6.07, 6.45) is 2.62. The Morgan fingerprint density at radius 3 is 2.76 bits per heavy atom. The molecule has 94 valence electrons. The summed E-state index contributed by atoms with van der Waals surface area (Å²) in [4.78, 5) is 22.5. The topological polar surface area (TPSA) is 92.4 Å². The Kier molecular flexibility index (Phi) is 4.68. The third-order valence-electron chi connectivity index (χ3n) is 2.49. The standard InChI is InChI=1S/C11H16N2O4/c1-3-4-8(11(15)16)5-12-10(14)9-6-13-17-7(9)2/h6,8H,3-5H2,1-2H3,(H,12,14)(H,15,16). The molecule has 0 aliphatic carbocycles. The van der Waals surface area contributed by atoms with Crippen molar-refractivity contribution in [3.05, 3.63) is 17.5 Å². The van der Waals surface area contributed by atoms with Gasteiger partial charge in [0.05, 0.1) is 12.1 Å². The van der Waals surface area contributed by atoms with Crippen LogP contribution in [0.1, 0.15) is 35.9 Å². The molecule has 0 bridgehead atoms. The molecule has 1 aromatic heterocycles. The lowest BCUT2D eigenvalue weighted by Crippen LogP contribution is -2.33. The number of amides is 1. The first-order chi connectivity index (χ1) is 8.06. The van der Waals surface area contributed by atoms with Crippen molar-refractivity contribution in [1.82, 2.24) is 10.5 Å². The first-order valence-electron chi connectivity index (χ1n) is 5.48. The van der Waals surface area contributed by atoms with Crippen molar-refractivity contribution >= 4 is 11.9 Å². The minimum absolute atomic E-state index is 0.118. The highest BCUT2D eigenvalue weighted by atomic mass is 16.5. The molecule has 0 radical (unpaired) electrons.